The molecule has 1 amide bonds. The van der Waals surface area contributed by atoms with Crippen molar-refractivity contribution < 1.29 is 9.90 Å². The van der Waals surface area contributed by atoms with Gasteiger partial charge in [0.25, 0.3) is 5.91 Å². The van der Waals surface area contributed by atoms with Crippen molar-refractivity contribution in [3.05, 3.63) is 28.8 Å². The highest BCUT2D eigenvalue weighted by Gasteiger charge is 2.21. The zero-order valence-electron chi connectivity index (χ0n) is 11.8. The molecule has 2 N–H and O–H groups in total. The maximum absolute atomic E-state index is 12.6. The summed E-state index contributed by atoms with van der Waals surface area (Å²) in [4.78, 5) is 14.5. The van der Waals surface area contributed by atoms with Gasteiger partial charge in [-0.05, 0) is 37.5 Å². The number of amides is 1. The number of aliphatic hydroxyl groups excluding tert-OH is 1. The summed E-state index contributed by atoms with van der Waals surface area (Å²) >= 11 is 11.6. The number of nitrogens with zero attached hydrogens (tertiary/aromatic N) is 1. The first-order valence-electron chi connectivity index (χ1n) is 7.18. The SMILES string of the molecule is O=C(c1cc(Cl)ccc1NCC(O)CCl)N1CCCCC1. The van der Waals surface area contributed by atoms with E-state index in [-0.39, 0.29) is 11.8 Å². The molecule has 21 heavy (non-hydrogen) atoms. The number of rotatable bonds is 5. The Kier molecular flexibility index (Phi) is 6.15. The molecule has 1 heterocycles. The number of hydrogen-bond acceptors (Lipinski definition) is 3. The summed E-state index contributed by atoms with van der Waals surface area (Å²) < 4.78 is 0. The molecule has 1 unspecified atom stereocenters. The number of alkyl halides is 1. The molecule has 1 fully saturated rings. The number of nitrogens with one attached hydrogen (secondary N) is 1. The van der Waals surface area contributed by atoms with Gasteiger partial charge in [-0.1, -0.05) is 11.6 Å². The number of carbonyl (C=O) groups excluding carboxylic acids is 1. The molecule has 4 nitrogen and oxygen atoms in total. The van der Waals surface area contributed by atoms with Crippen LogP contribution < -0.4 is 5.32 Å². The van der Waals surface area contributed by atoms with E-state index in [1.807, 2.05) is 4.90 Å². The van der Waals surface area contributed by atoms with Crippen LogP contribution in [0.5, 0.6) is 0 Å². The third kappa shape index (κ3) is 4.50. The Morgan fingerprint density at radius 3 is 2.71 bits per heavy atom. The highest BCUT2D eigenvalue weighted by atomic mass is 35.5. The van der Waals surface area contributed by atoms with Crippen LogP contribution in [0.15, 0.2) is 18.2 Å². The van der Waals surface area contributed by atoms with Gasteiger partial charge in [0.15, 0.2) is 0 Å². The first-order chi connectivity index (χ1) is 10.1. The monoisotopic (exact) mass is 330 g/mol. The van der Waals surface area contributed by atoms with E-state index in [4.69, 9.17) is 23.2 Å². The van der Waals surface area contributed by atoms with Gasteiger partial charge < -0.3 is 15.3 Å². The number of halogens is 2. The maximum Gasteiger partial charge on any atom is 0.256 e. The quantitative estimate of drug-likeness (QED) is 0.816. The van der Waals surface area contributed by atoms with Crippen molar-refractivity contribution in [2.24, 2.45) is 0 Å². The number of benzene rings is 1. The second-order valence-electron chi connectivity index (χ2n) is 5.23. The fourth-order valence-electron chi connectivity index (χ4n) is 2.40. The summed E-state index contributed by atoms with van der Waals surface area (Å²) in [5.74, 6) is 0.135. The molecular weight excluding hydrogens is 311 g/mol. The largest absolute Gasteiger partial charge is 0.390 e. The molecule has 1 aromatic carbocycles. The van der Waals surface area contributed by atoms with Gasteiger partial charge in [-0.15, -0.1) is 11.6 Å². The molecule has 0 spiro atoms. The number of hydrogen-bond donors (Lipinski definition) is 2. The molecular formula is C15H20Cl2N2O2. The molecule has 0 aliphatic carbocycles. The molecule has 0 saturated carbocycles. The van der Waals surface area contributed by atoms with E-state index in [1.165, 1.54) is 6.42 Å². The smallest absolute Gasteiger partial charge is 0.256 e. The third-order valence-corrected chi connectivity index (χ3v) is 4.15. The molecule has 2 rings (SSSR count). The first kappa shape index (κ1) is 16.4. The van der Waals surface area contributed by atoms with Crippen LogP contribution in [0.2, 0.25) is 5.02 Å². The molecule has 116 valence electrons. The van der Waals surface area contributed by atoms with Crippen LogP contribution in [-0.2, 0) is 0 Å². The van der Waals surface area contributed by atoms with Gasteiger partial charge in [0.1, 0.15) is 0 Å². The minimum Gasteiger partial charge on any atom is -0.390 e. The Hall–Kier alpha value is -0.970. The van der Waals surface area contributed by atoms with Crippen molar-refractivity contribution in [1.82, 2.24) is 4.90 Å². The Bertz CT molecular complexity index is 491. The molecule has 0 aromatic heterocycles. The van der Waals surface area contributed by atoms with Crippen molar-refractivity contribution in [3.8, 4) is 0 Å². The summed E-state index contributed by atoms with van der Waals surface area (Å²) in [5.41, 5.74) is 1.23. The van der Waals surface area contributed by atoms with Gasteiger partial charge in [0.05, 0.1) is 17.5 Å². The number of likely N-dealkylation sites (tertiary alicyclic amines) is 1. The Balaban J connectivity index is 2.15. The van der Waals surface area contributed by atoms with Gasteiger partial charge in [-0.25, -0.2) is 0 Å². The molecule has 6 heteroatoms. The average molecular weight is 331 g/mol. The summed E-state index contributed by atoms with van der Waals surface area (Å²) in [6, 6.07) is 5.16. The van der Waals surface area contributed by atoms with Crippen molar-refractivity contribution >= 4 is 34.8 Å². The van der Waals surface area contributed by atoms with E-state index in [9.17, 15) is 9.90 Å². The molecule has 1 aliphatic heterocycles. The van der Waals surface area contributed by atoms with Crippen LogP contribution in [0, 0.1) is 0 Å². The normalized spacial score (nSPS) is 16.6. The van der Waals surface area contributed by atoms with Gasteiger partial charge in [0, 0.05) is 30.3 Å². The van der Waals surface area contributed by atoms with Crippen molar-refractivity contribution in [2.45, 2.75) is 25.4 Å². The van der Waals surface area contributed by atoms with E-state index in [0.29, 0.717) is 22.8 Å². The molecule has 0 radical (unpaired) electrons. The molecule has 1 aromatic rings. The zero-order chi connectivity index (χ0) is 15.2. The van der Waals surface area contributed by atoms with Crippen LogP contribution >= 0.6 is 23.2 Å². The lowest BCUT2D eigenvalue weighted by atomic mass is 10.1. The summed E-state index contributed by atoms with van der Waals surface area (Å²) in [6.07, 6.45) is 2.60. The Morgan fingerprint density at radius 2 is 2.05 bits per heavy atom. The summed E-state index contributed by atoms with van der Waals surface area (Å²) in [6.45, 7) is 1.87. The first-order valence-corrected chi connectivity index (χ1v) is 8.10. The fourth-order valence-corrected chi connectivity index (χ4v) is 2.68. The van der Waals surface area contributed by atoms with E-state index >= 15 is 0 Å². The number of piperidine rings is 1. The lowest BCUT2D eigenvalue weighted by Gasteiger charge is -2.27. The van der Waals surface area contributed by atoms with Crippen LogP contribution in [0.1, 0.15) is 29.6 Å². The summed E-state index contributed by atoms with van der Waals surface area (Å²) in [7, 11) is 0. The van der Waals surface area contributed by atoms with Gasteiger partial charge >= 0.3 is 0 Å². The lowest BCUT2D eigenvalue weighted by molar-refractivity contribution is 0.0725. The highest BCUT2D eigenvalue weighted by Crippen LogP contribution is 2.24. The summed E-state index contributed by atoms with van der Waals surface area (Å²) in [5, 5.41) is 13.1. The average Bonchev–Trinajstić information content (AvgIpc) is 2.53. The van der Waals surface area contributed by atoms with E-state index < -0.39 is 6.10 Å². The van der Waals surface area contributed by atoms with Crippen molar-refractivity contribution in [1.29, 1.82) is 0 Å². The van der Waals surface area contributed by atoms with E-state index in [0.717, 1.165) is 25.9 Å². The third-order valence-electron chi connectivity index (χ3n) is 3.56. The molecule has 1 aliphatic rings. The van der Waals surface area contributed by atoms with Crippen molar-refractivity contribution in [2.75, 3.05) is 30.8 Å². The van der Waals surface area contributed by atoms with E-state index in [1.54, 1.807) is 18.2 Å². The molecule has 1 atom stereocenters. The highest BCUT2D eigenvalue weighted by molar-refractivity contribution is 6.31. The maximum atomic E-state index is 12.6. The fraction of sp³-hybridized carbons (Fsp3) is 0.533. The minimum atomic E-state index is -0.653. The lowest BCUT2D eigenvalue weighted by Crippen LogP contribution is -2.36. The molecule has 1 saturated heterocycles. The topological polar surface area (TPSA) is 52.6 Å². The molecule has 0 bridgehead atoms. The van der Waals surface area contributed by atoms with Crippen molar-refractivity contribution in [3.63, 3.8) is 0 Å². The standard InChI is InChI=1S/C15H20Cl2N2O2/c16-9-12(20)10-18-14-5-4-11(17)8-13(14)15(21)19-6-2-1-3-7-19/h4-5,8,12,18,20H,1-3,6-7,9-10H2. The number of carbonyl (C=O) groups is 1. The van der Waals surface area contributed by atoms with Gasteiger partial charge in [-0.2, -0.15) is 0 Å². The second-order valence-corrected chi connectivity index (χ2v) is 5.98. The minimum absolute atomic E-state index is 0.0138. The zero-order valence-corrected chi connectivity index (χ0v) is 13.3. The van der Waals surface area contributed by atoms with Crippen LogP contribution in [0.4, 0.5) is 5.69 Å². The second kappa shape index (κ2) is 7.87. The number of aliphatic hydroxyl groups is 1. The van der Waals surface area contributed by atoms with Gasteiger partial charge in [-0.3, -0.25) is 4.79 Å². The van der Waals surface area contributed by atoms with Crippen LogP contribution in [-0.4, -0.2) is 47.5 Å². The predicted octanol–water partition coefficient (Wildman–Crippen LogP) is 2.98. The number of anilines is 1. The van der Waals surface area contributed by atoms with Crippen LogP contribution in [0.25, 0.3) is 0 Å². The Labute approximate surface area is 135 Å². The van der Waals surface area contributed by atoms with Gasteiger partial charge in [0.2, 0.25) is 0 Å². The Morgan fingerprint density at radius 1 is 1.33 bits per heavy atom. The van der Waals surface area contributed by atoms with E-state index in [2.05, 4.69) is 5.32 Å². The van der Waals surface area contributed by atoms with Crippen LogP contribution in [0.3, 0.4) is 0 Å². The predicted molar refractivity (Wildman–Crippen MR) is 86.4 cm³/mol.